The van der Waals surface area contributed by atoms with E-state index >= 15 is 0 Å². The van der Waals surface area contributed by atoms with Gasteiger partial charge in [-0.05, 0) is 42.7 Å². The minimum Gasteiger partial charge on any atom is -0.478 e. The molecule has 8 nitrogen and oxygen atoms in total. The van der Waals surface area contributed by atoms with Gasteiger partial charge in [0.25, 0.3) is 11.6 Å². The molecule has 1 fully saturated rings. The molecule has 1 saturated carbocycles. The number of carbonyl (C=O) groups is 2. The second-order valence-electron chi connectivity index (χ2n) is 6.57. The Morgan fingerprint density at radius 3 is 2.37 bits per heavy atom. The number of benzene rings is 2. The zero-order valence-electron chi connectivity index (χ0n) is 14.7. The number of rotatable bonds is 7. The number of carbonyl (C=O) groups excluding carboxylic acids is 1. The molecular weight excluding hydrogens is 350 g/mol. The normalized spacial score (nSPS) is 13.1. The van der Waals surface area contributed by atoms with Gasteiger partial charge in [0.15, 0.2) is 0 Å². The Morgan fingerprint density at radius 2 is 1.81 bits per heavy atom. The van der Waals surface area contributed by atoms with Crippen molar-refractivity contribution in [2.24, 2.45) is 0 Å². The molecular formula is C19H19N3O5. The highest BCUT2D eigenvalue weighted by Crippen LogP contribution is 2.31. The molecule has 27 heavy (non-hydrogen) atoms. The number of hydrogen-bond donors (Lipinski definition) is 2. The Kier molecular flexibility index (Phi) is 5.07. The van der Waals surface area contributed by atoms with Crippen molar-refractivity contribution in [2.75, 3.05) is 12.4 Å². The SMILES string of the molecule is CN(Cc1ccc(C(=O)O)cc1)C(=O)c1ccc(NC2CC2)c([N+](=O)[O-])c1. The molecule has 1 aliphatic rings. The highest BCUT2D eigenvalue weighted by atomic mass is 16.6. The summed E-state index contributed by atoms with van der Waals surface area (Å²) >= 11 is 0. The molecule has 0 atom stereocenters. The lowest BCUT2D eigenvalue weighted by Crippen LogP contribution is -2.26. The molecule has 1 aliphatic carbocycles. The van der Waals surface area contributed by atoms with Crippen LogP contribution in [0, 0.1) is 10.1 Å². The van der Waals surface area contributed by atoms with Crippen LogP contribution >= 0.6 is 0 Å². The maximum atomic E-state index is 12.6. The minimum atomic E-state index is -1.02. The van der Waals surface area contributed by atoms with Crippen LogP contribution in [-0.4, -0.2) is 39.9 Å². The molecule has 0 unspecified atom stereocenters. The monoisotopic (exact) mass is 369 g/mol. The van der Waals surface area contributed by atoms with Crippen LogP contribution in [-0.2, 0) is 6.54 Å². The van der Waals surface area contributed by atoms with Gasteiger partial charge < -0.3 is 15.3 Å². The number of amides is 1. The number of nitrogens with zero attached hydrogens (tertiary/aromatic N) is 2. The Morgan fingerprint density at radius 1 is 1.19 bits per heavy atom. The summed E-state index contributed by atoms with van der Waals surface area (Å²) in [6.07, 6.45) is 1.97. The molecule has 2 aromatic carbocycles. The molecule has 2 aromatic rings. The molecule has 2 N–H and O–H groups in total. The van der Waals surface area contributed by atoms with E-state index in [4.69, 9.17) is 5.11 Å². The number of carboxylic acids is 1. The van der Waals surface area contributed by atoms with Gasteiger partial charge in [-0.25, -0.2) is 4.79 Å². The predicted octanol–water partition coefficient (Wildman–Crippen LogP) is 3.14. The summed E-state index contributed by atoms with van der Waals surface area (Å²) in [6, 6.07) is 10.9. The standard InChI is InChI=1S/C19H19N3O5/c1-21(11-12-2-4-13(5-3-12)19(24)25)18(23)14-6-9-16(20-15-7-8-15)17(10-14)22(26)27/h2-6,9-10,15,20H,7-8,11H2,1H3,(H,24,25). The molecule has 0 radical (unpaired) electrons. The number of hydrogen-bond acceptors (Lipinski definition) is 5. The van der Waals surface area contributed by atoms with Crippen LogP contribution in [0.1, 0.15) is 39.1 Å². The van der Waals surface area contributed by atoms with Crippen molar-refractivity contribution in [3.05, 3.63) is 69.3 Å². The fraction of sp³-hybridized carbons (Fsp3) is 0.263. The van der Waals surface area contributed by atoms with Crippen LogP contribution < -0.4 is 5.32 Å². The molecule has 8 heteroatoms. The third-order valence-corrected chi connectivity index (χ3v) is 4.35. The van der Waals surface area contributed by atoms with Gasteiger partial charge in [-0.15, -0.1) is 0 Å². The van der Waals surface area contributed by atoms with Gasteiger partial charge in [-0.3, -0.25) is 14.9 Å². The average molecular weight is 369 g/mol. The summed E-state index contributed by atoms with van der Waals surface area (Å²) < 4.78 is 0. The van der Waals surface area contributed by atoms with E-state index < -0.39 is 10.9 Å². The maximum absolute atomic E-state index is 12.6. The van der Waals surface area contributed by atoms with Crippen molar-refractivity contribution in [2.45, 2.75) is 25.4 Å². The highest BCUT2D eigenvalue weighted by Gasteiger charge is 2.26. The van der Waals surface area contributed by atoms with E-state index in [1.807, 2.05) is 0 Å². The van der Waals surface area contributed by atoms with Gasteiger partial charge in [0.1, 0.15) is 5.69 Å². The van der Waals surface area contributed by atoms with Crippen molar-refractivity contribution in [3.63, 3.8) is 0 Å². The first-order valence-electron chi connectivity index (χ1n) is 8.48. The fourth-order valence-electron chi connectivity index (χ4n) is 2.70. The Labute approximate surface area is 155 Å². The van der Waals surface area contributed by atoms with Crippen LogP contribution in [0.4, 0.5) is 11.4 Å². The van der Waals surface area contributed by atoms with Crippen molar-refractivity contribution < 1.29 is 19.6 Å². The van der Waals surface area contributed by atoms with Crippen LogP contribution in [0.5, 0.6) is 0 Å². The lowest BCUT2D eigenvalue weighted by molar-refractivity contribution is -0.384. The van der Waals surface area contributed by atoms with Gasteiger partial charge in [0.05, 0.1) is 10.5 Å². The predicted molar refractivity (Wildman–Crippen MR) is 98.9 cm³/mol. The van der Waals surface area contributed by atoms with Gasteiger partial charge in [-0.2, -0.15) is 0 Å². The first kappa shape index (κ1) is 18.4. The van der Waals surface area contributed by atoms with Crippen molar-refractivity contribution >= 4 is 23.3 Å². The average Bonchev–Trinajstić information content (AvgIpc) is 3.45. The minimum absolute atomic E-state index is 0.119. The van der Waals surface area contributed by atoms with Gasteiger partial charge in [0.2, 0.25) is 0 Å². The van der Waals surface area contributed by atoms with Crippen molar-refractivity contribution in [1.82, 2.24) is 4.90 Å². The number of nitrogens with one attached hydrogen (secondary N) is 1. The molecule has 0 heterocycles. The molecule has 3 rings (SSSR count). The Bertz CT molecular complexity index is 891. The number of nitro groups is 1. The topological polar surface area (TPSA) is 113 Å². The van der Waals surface area contributed by atoms with Crippen LogP contribution in [0.25, 0.3) is 0 Å². The van der Waals surface area contributed by atoms with Crippen LogP contribution in [0.2, 0.25) is 0 Å². The number of carboxylic acid groups (broad SMARTS) is 1. The zero-order valence-corrected chi connectivity index (χ0v) is 14.7. The quantitative estimate of drug-likeness (QED) is 0.573. The van der Waals surface area contributed by atoms with Crippen molar-refractivity contribution in [3.8, 4) is 0 Å². The first-order chi connectivity index (χ1) is 12.8. The van der Waals surface area contributed by atoms with Gasteiger partial charge >= 0.3 is 5.97 Å². The Balaban J connectivity index is 1.74. The molecule has 0 aromatic heterocycles. The highest BCUT2D eigenvalue weighted by molar-refractivity contribution is 5.95. The molecule has 140 valence electrons. The molecule has 0 aliphatic heterocycles. The molecule has 0 spiro atoms. The van der Waals surface area contributed by atoms with E-state index in [0.29, 0.717) is 5.69 Å². The number of nitro benzene ring substituents is 1. The molecule has 1 amide bonds. The summed E-state index contributed by atoms with van der Waals surface area (Å²) in [4.78, 5) is 35.8. The summed E-state index contributed by atoms with van der Waals surface area (Å²) in [5.74, 6) is -1.36. The van der Waals surface area contributed by atoms with Crippen molar-refractivity contribution in [1.29, 1.82) is 0 Å². The van der Waals surface area contributed by atoms with Gasteiger partial charge in [0, 0.05) is 31.3 Å². The fourth-order valence-corrected chi connectivity index (χ4v) is 2.70. The number of anilines is 1. The molecule has 0 saturated heterocycles. The smallest absolute Gasteiger partial charge is 0.335 e. The van der Waals surface area contributed by atoms with E-state index in [2.05, 4.69) is 5.32 Å². The third-order valence-electron chi connectivity index (χ3n) is 4.35. The van der Waals surface area contributed by atoms with E-state index in [-0.39, 0.29) is 35.3 Å². The van der Waals surface area contributed by atoms with Crippen LogP contribution in [0.3, 0.4) is 0 Å². The lowest BCUT2D eigenvalue weighted by Gasteiger charge is -2.18. The zero-order chi connectivity index (χ0) is 19.6. The van der Waals surface area contributed by atoms with E-state index in [1.54, 1.807) is 31.3 Å². The summed E-state index contributed by atoms with van der Waals surface area (Å²) in [5.41, 5.74) is 1.46. The van der Waals surface area contributed by atoms with E-state index in [0.717, 1.165) is 18.4 Å². The first-order valence-corrected chi connectivity index (χ1v) is 8.48. The third kappa shape index (κ3) is 4.41. The number of aromatic carboxylic acids is 1. The Hall–Kier alpha value is -3.42. The maximum Gasteiger partial charge on any atom is 0.335 e. The van der Waals surface area contributed by atoms with E-state index in [1.165, 1.54) is 23.1 Å². The summed E-state index contributed by atoms with van der Waals surface area (Å²) in [6.45, 7) is 0.259. The second-order valence-corrected chi connectivity index (χ2v) is 6.57. The van der Waals surface area contributed by atoms with Gasteiger partial charge in [-0.1, -0.05) is 12.1 Å². The van der Waals surface area contributed by atoms with E-state index in [9.17, 15) is 19.7 Å². The largest absolute Gasteiger partial charge is 0.478 e. The summed E-state index contributed by atoms with van der Waals surface area (Å²) in [7, 11) is 1.59. The molecule has 0 bridgehead atoms. The summed E-state index contributed by atoms with van der Waals surface area (Å²) in [5, 5.41) is 23.4. The van der Waals surface area contributed by atoms with Crippen LogP contribution in [0.15, 0.2) is 42.5 Å². The second kappa shape index (κ2) is 7.45. The lowest BCUT2D eigenvalue weighted by atomic mass is 10.1.